The molecule has 244 valence electrons. The second-order valence-electron chi connectivity index (χ2n) is 10.2. The van der Waals surface area contributed by atoms with Gasteiger partial charge in [-0.25, -0.2) is 4.98 Å². The number of nitrogens with zero attached hydrogens (tertiary/aromatic N) is 1. The van der Waals surface area contributed by atoms with Gasteiger partial charge in [0.05, 0.1) is 28.1 Å². The molecule has 0 aliphatic heterocycles. The Morgan fingerprint density at radius 1 is 0.938 bits per heavy atom. The van der Waals surface area contributed by atoms with Gasteiger partial charge < -0.3 is 20.7 Å². The zero-order valence-corrected chi connectivity index (χ0v) is 29.0. The SMILES string of the molecule is CCC(Sc1cccc(NC(=O)/C(=C\c2cccc(Cl)c2Cl)NC(=O)c2ccccc2)c1)C(=O)Nc1nc(-c2ccccc2OC)cs1. The molecule has 1 heterocycles. The van der Waals surface area contributed by atoms with E-state index in [0.29, 0.717) is 44.8 Å². The second-order valence-corrected chi connectivity index (χ2v) is 13.2. The van der Waals surface area contributed by atoms with E-state index >= 15 is 0 Å². The number of anilines is 2. The van der Waals surface area contributed by atoms with Crippen molar-refractivity contribution in [3.63, 3.8) is 0 Å². The molecule has 3 N–H and O–H groups in total. The molecule has 1 aromatic heterocycles. The third kappa shape index (κ3) is 8.84. The lowest BCUT2D eigenvalue weighted by molar-refractivity contribution is -0.116. The van der Waals surface area contributed by atoms with Gasteiger partial charge in [0.25, 0.3) is 11.8 Å². The number of thiazole rings is 1. The molecule has 3 amide bonds. The molecule has 0 radical (unpaired) electrons. The van der Waals surface area contributed by atoms with Crippen LogP contribution < -0.4 is 20.7 Å². The maximum atomic E-state index is 13.6. The second kappa shape index (κ2) is 16.5. The summed E-state index contributed by atoms with van der Waals surface area (Å²) in [5.41, 5.74) is 2.82. The number of carbonyl (C=O) groups excluding carboxylic acids is 3. The smallest absolute Gasteiger partial charge is 0.272 e. The van der Waals surface area contributed by atoms with Gasteiger partial charge in [-0.05, 0) is 66.6 Å². The lowest BCUT2D eigenvalue weighted by Gasteiger charge is -2.15. The number of benzene rings is 4. The first kappa shape index (κ1) is 34.7. The topological polar surface area (TPSA) is 109 Å². The molecule has 0 spiro atoms. The number of amides is 3. The predicted octanol–water partition coefficient (Wildman–Crippen LogP) is 9.04. The Morgan fingerprint density at radius 2 is 1.69 bits per heavy atom. The minimum atomic E-state index is -0.572. The van der Waals surface area contributed by atoms with Crippen LogP contribution >= 0.6 is 46.3 Å². The van der Waals surface area contributed by atoms with Gasteiger partial charge in [-0.3, -0.25) is 14.4 Å². The van der Waals surface area contributed by atoms with Crippen LogP contribution in [0.4, 0.5) is 10.8 Å². The molecule has 4 aromatic carbocycles. The van der Waals surface area contributed by atoms with Crippen LogP contribution in [-0.2, 0) is 9.59 Å². The normalized spacial score (nSPS) is 11.8. The highest BCUT2D eigenvalue weighted by Gasteiger charge is 2.21. The van der Waals surface area contributed by atoms with E-state index in [1.165, 1.54) is 29.2 Å². The number of rotatable bonds is 12. The Labute approximate surface area is 296 Å². The summed E-state index contributed by atoms with van der Waals surface area (Å²) in [4.78, 5) is 45.2. The van der Waals surface area contributed by atoms with Crippen LogP contribution in [0, 0.1) is 0 Å². The summed E-state index contributed by atoms with van der Waals surface area (Å²) in [6, 6.07) is 28.3. The summed E-state index contributed by atoms with van der Waals surface area (Å²) >= 11 is 15.3. The van der Waals surface area contributed by atoms with Crippen molar-refractivity contribution >= 4 is 80.9 Å². The van der Waals surface area contributed by atoms with Gasteiger partial charge in [-0.2, -0.15) is 0 Å². The van der Waals surface area contributed by atoms with Crippen molar-refractivity contribution in [2.75, 3.05) is 17.7 Å². The number of carbonyl (C=O) groups is 3. The van der Waals surface area contributed by atoms with Gasteiger partial charge in [0.15, 0.2) is 5.13 Å². The van der Waals surface area contributed by atoms with Gasteiger partial charge in [-0.1, -0.05) is 78.7 Å². The maximum absolute atomic E-state index is 13.6. The summed E-state index contributed by atoms with van der Waals surface area (Å²) in [6.07, 6.45) is 2.02. The monoisotopic (exact) mass is 716 g/mol. The van der Waals surface area contributed by atoms with E-state index in [1.807, 2.05) is 42.6 Å². The third-order valence-corrected chi connectivity index (χ3v) is 9.91. The van der Waals surface area contributed by atoms with E-state index in [1.54, 1.807) is 73.8 Å². The Kier molecular flexibility index (Phi) is 11.9. The van der Waals surface area contributed by atoms with Gasteiger partial charge in [-0.15, -0.1) is 23.1 Å². The Balaban J connectivity index is 1.29. The van der Waals surface area contributed by atoms with Gasteiger partial charge in [0, 0.05) is 27.1 Å². The van der Waals surface area contributed by atoms with E-state index in [-0.39, 0.29) is 16.6 Å². The van der Waals surface area contributed by atoms with Gasteiger partial charge in [0.2, 0.25) is 5.91 Å². The average molecular weight is 718 g/mol. The number of hydrogen-bond acceptors (Lipinski definition) is 7. The highest BCUT2D eigenvalue weighted by Crippen LogP contribution is 2.33. The molecule has 0 aliphatic carbocycles. The summed E-state index contributed by atoms with van der Waals surface area (Å²) in [6.45, 7) is 1.93. The fourth-order valence-corrected chi connectivity index (χ4v) is 6.65. The van der Waals surface area contributed by atoms with Crippen LogP contribution in [0.5, 0.6) is 5.75 Å². The fourth-order valence-electron chi connectivity index (χ4n) is 4.56. The average Bonchev–Trinajstić information content (AvgIpc) is 3.57. The van der Waals surface area contributed by atoms with Crippen LogP contribution in [0.1, 0.15) is 29.3 Å². The largest absolute Gasteiger partial charge is 0.496 e. The lowest BCUT2D eigenvalue weighted by Crippen LogP contribution is -2.30. The van der Waals surface area contributed by atoms with Crippen molar-refractivity contribution in [3.05, 3.63) is 129 Å². The molecule has 1 unspecified atom stereocenters. The zero-order valence-electron chi connectivity index (χ0n) is 25.8. The Morgan fingerprint density at radius 3 is 2.46 bits per heavy atom. The van der Waals surface area contributed by atoms with Crippen LogP contribution in [0.2, 0.25) is 10.0 Å². The molecular formula is C36H30Cl2N4O4S2. The van der Waals surface area contributed by atoms with Crippen LogP contribution in [0.15, 0.2) is 113 Å². The van der Waals surface area contributed by atoms with E-state index in [9.17, 15) is 14.4 Å². The Hall–Kier alpha value is -4.61. The fraction of sp³-hybridized carbons (Fsp3) is 0.111. The van der Waals surface area contributed by atoms with Crippen molar-refractivity contribution in [1.82, 2.24) is 10.3 Å². The van der Waals surface area contributed by atoms with Gasteiger partial charge >= 0.3 is 0 Å². The van der Waals surface area contributed by atoms with Crippen molar-refractivity contribution < 1.29 is 19.1 Å². The molecule has 0 bridgehead atoms. The van der Waals surface area contributed by atoms with Crippen molar-refractivity contribution in [2.24, 2.45) is 0 Å². The quantitative estimate of drug-likeness (QED) is 0.0878. The van der Waals surface area contributed by atoms with Crippen molar-refractivity contribution in [3.8, 4) is 17.0 Å². The van der Waals surface area contributed by atoms with Crippen molar-refractivity contribution in [1.29, 1.82) is 0 Å². The zero-order chi connectivity index (χ0) is 34.0. The molecule has 12 heteroatoms. The molecule has 0 fully saturated rings. The number of halogens is 2. The van der Waals surface area contributed by atoms with E-state index in [2.05, 4.69) is 20.9 Å². The predicted molar refractivity (Wildman–Crippen MR) is 196 cm³/mol. The summed E-state index contributed by atoms with van der Waals surface area (Å²) in [5.74, 6) is -0.530. The van der Waals surface area contributed by atoms with Crippen LogP contribution in [-0.4, -0.2) is 35.1 Å². The van der Waals surface area contributed by atoms with Gasteiger partial charge in [0.1, 0.15) is 11.4 Å². The molecule has 5 rings (SSSR count). The maximum Gasteiger partial charge on any atom is 0.272 e. The number of para-hydroxylation sites is 1. The highest BCUT2D eigenvalue weighted by atomic mass is 35.5. The van der Waals surface area contributed by atoms with E-state index < -0.39 is 17.1 Å². The molecule has 0 saturated carbocycles. The molecule has 8 nitrogen and oxygen atoms in total. The molecule has 0 aliphatic rings. The molecular weight excluding hydrogens is 687 g/mol. The van der Waals surface area contributed by atoms with Crippen molar-refractivity contribution in [2.45, 2.75) is 23.5 Å². The minimum Gasteiger partial charge on any atom is -0.496 e. The molecule has 1 atom stereocenters. The minimum absolute atomic E-state index is 0.0344. The Bertz CT molecular complexity index is 1970. The van der Waals surface area contributed by atoms with Crippen LogP contribution in [0.3, 0.4) is 0 Å². The number of aromatic nitrogens is 1. The first-order chi connectivity index (χ1) is 23.2. The third-order valence-electron chi connectivity index (χ3n) is 6.96. The molecule has 0 saturated heterocycles. The van der Waals surface area contributed by atoms with E-state index in [0.717, 1.165) is 10.5 Å². The molecule has 5 aromatic rings. The number of ether oxygens (including phenoxy) is 1. The molecule has 48 heavy (non-hydrogen) atoms. The first-order valence-corrected chi connectivity index (χ1v) is 17.3. The lowest BCUT2D eigenvalue weighted by atomic mass is 10.1. The standard InChI is InChI=1S/C36H30Cl2N4O4S2/c1-3-31(35(45)42-36-41-29(21-47-36)26-16-7-8-18-30(26)46-2)48-25-15-10-14-24(20-25)39-34(44)28(19-23-13-9-17-27(37)32(23)38)40-33(43)22-11-5-4-6-12-22/h4-21,31H,3H2,1-2H3,(H,39,44)(H,40,43)(H,41,42,45)/b28-19+. The number of methoxy groups -OCH3 is 1. The van der Waals surface area contributed by atoms with Crippen LogP contribution in [0.25, 0.3) is 17.3 Å². The first-order valence-electron chi connectivity index (χ1n) is 14.8. The highest BCUT2D eigenvalue weighted by molar-refractivity contribution is 8.00. The number of thioether (sulfide) groups is 1. The summed E-state index contributed by atoms with van der Waals surface area (Å²) < 4.78 is 5.45. The number of hydrogen-bond donors (Lipinski definition) is 3. The summed E-state index contributed by atoms with van der Waals surface area (Å²) in [7, 11) is 1.61. The summed E-state index contributed by atoms with van der Waals surface area (Å²) in [5, 5.41) is 11.0. The number of nitrogens with one attached hydrogen (secondary N) is 3. The van der Waals surface area contributed by atoms with E-state index in [4.69, 9.17) is 27.9 Å².